The molecule has 24 heavy (non-hydrogen) atoms. The van der Waals surface area contributed by atoms with E-state index in [1.807, 2.05) is 18.2 Å². The minimum atomic E-state index is -0.278. The van der Waals surface area contributed by atoms with E-state index >= 15 is 0 Å². The van der Waals surface area contributed by atoms with Crippen molar-refractivity contribution >= 4 is 29.1 Å². The lowest BCUT2D eigenvalue weighted by Crippen LogP contribution is -2.35. The van der Waals surface area contributed by atoms with Gasteiger partial charge in [0.15, 0.2) is 0 Å². The van der Waals surface area contributed by atoms with E-state index in [2.05, 4.69) is 5.32 Å². The first-order valence-electron chi connectivity index (χ1n) is 7.96. The smallest absolute Gasteiger partial charge is 0.254 e. The highest BCUT2D eigenvalue weighted by atomic mass is 35.5. The van der Waals surface area contributed by atoms with Crippen molar-refractivity contribution in [2.24, 2.45) is 0 Å². The molecule has 1 aliphatic rings. The maximum atomic E-state index is 12.5. The van der Waals surface area contributed by atoms with E-state index in [1.165, 1.54) is 16.0 Å². The fourth-order valence-corrected chi connectivity index (χ4v) is 3.15. The molecule has 2 aromatic carbocycles. The number of para-hydroxylation sites is 1. The second-order valence-electron chi connectivity index (χ2n) is 6.03. The van der Waals surface area contributed by atoms with Gasteiger partial charge in [0.05, 0.1) is 17.3 Å². The van der Waals surface area contributed by atoms with Crippen LogP contribution in [-0.2, 0) is 17.6 Å². The molecule has 5 heteroatoms. The van der Waals surface area contributed by atoms with Gasteiger partial charge in [-0.1, -0.05) is 29.8 Å². The molecule has 0 heterocycles. The van der Waals surface area contributed by atoms with Gasteiger partial charge in [-0.3, -0.25) is 9.59 Å². The van der Waals surface area contributed by atoms with Gasteiger partial charge in [-0.15, -0.1) is 0 Å². The number of nitrogens with one attached hydrogen (secondary N) is 1. The Balaban J connectivity index is 1.64. The zero-order valence-corrected chi connectivity index (χ0v) is 14.3. The highest BCUT2D eigenvalue weighted by Gasteiger charge is 2.18. The highest BCUT2D eigenvalue weighted by Crippen LogP contribution is 2.23. The quantitative estimate of drug-likeness (QED) is 0.923. The number of benzene rings is 2. The molecular weight excluding hydrogens is 324 g/mol. The number of carbonyl (C=O) groups is 2. The third-order valence-corrected chi connectivity index (χ3v) is 4.55. The average Bonchev–Trinajstić information content (AvgIpc) is 3.03. The number of nitrogens with zero attached hydrogens (tertiary/aromatic N) is 1. The maximum Gasteiger partial charge on any atom is 0.254 e. The molecule has 0 aromatic heterocycles. The van der Waals surface area contributed by atoms with Crippen LogP contribution in [0.5, 0.6) is 0 Å². The molecule has 124 valence electrons. The summed E-state index contributed by atoms with van der Waals surface area (Å²) in [4.78, 5) is 26.1. The summed E-state index contributed by atoms with van der Waals surface area (Å²) < 4.78 is 0. The van der Waals surface area contributed by atoms with Crippen molar-refractivity contribution in [1.29, 1.82) is 0 Å². The van der Waals surface area contributed by atoms with Crippen molar-refractivity contribution in [3.8, 4) is 0 Å². The third-order valence-electron chi connectivity index (χ3n) is 4.22. The Kier molecular flexibility index (Phi) is 4.86. The SMILES string of the molecule is CN(CC(=O)Nc1ccccc1Cl)C(=O)c1ccc2c(c1)CCC2. The molecule has 4 nitrogen and oxygen atoms in total. The number of hydrogen-bond acceptors (Lipinski definition) is 2. The van der Waals surface area contributed by atoms with Gasteiger partial charge in [0.25, 0.3) is 5.91 Å². The number of fused-ring (bicyclic) bond motifs is 1. The lowest BCUT2D eigenvalue weighted by molar-refractivity contribution is -0.116. The summed E-state index contributed by atoms with van der Waals surface area (Å²) in [6.45, 7) is -0.0266. The number of amides is 2. The Morgan fingerprint density at radius 1 is 1.12 bits per heavy atom. The van der Waals surface area contributed by atoms with Gasteiger partial charge in [0, 0.05) is 12.6 Å². The number of carbonyl (C=O) groups excluding carboxylic acids is 2. The molecule has 0 saturated carbocycles. The Labute approximate surface area is 146 Å². The molecule has 2 aromatic rings. The molecule has 1 N–H and O–H groups in total. The van der Waals surface area contributed by atoms with Crippen LogP contribution in [0.1, 0.15) is 27.9 Å². The van der Waals surface area contributed by atoms with Crippen LogP contribution in [-0.4, -0.2) is 30.3 Å². The monoisotopic (exact) mass is 342 g/mol. The van der Waals surface area contributed by atoms with Crippen molar-refractivity contribution in [3.05, 3.63) is 64.2 Å². The molecule has 0 spiro atoms. The lowest BCUT2D eigenvalue weighted by Gasteiger charge is -2.17. The summed E-state index contributed by atoms with van der Waals surface area (Å²) in [6.07, 6.45) is 3.25. The van der Waals surface area contributed by atoms with E-state index in [0.717, 1.165) is 19.3 Å². The molecule has 0 saturated heterocycles. The maximum absolute atomic E-state index is 12.5. The van der Waals surface area contributed by atoms with Crippen LogP contribution < -0.4 is 5.32 Å². The molecule has 0 bridgehead atoms. The number of halogens is 1. The first kappa shape index (κ1) is 16.5. The minimum absolute atomic E-state index is 0.0266. The van der Waals surface area contributed by atoms with E-state index < -0.39 is 0 Å². The van der Waals surface area contributed by atoms with Crippen LogP contribution in [0.4, 0.5) is 5.69 Å². The molecule has 2 amide bonds. The Morgan fingerprint density at radius 2 is 1.88 bits per heavy atom. The van der Waals surface area contributed by atoms with Crippen LogP contribution in [0.3, 0.4) is 0 Å². The van der Waals surface area contributed by atoms with E-state index in [4.69, 9.17) is 11.6 Å². The standard InChI is InChI=1S/C19H19ClN2O2/c1-22(12-18(23)21-17-8-3-2-7-16(17)20)19(24)15-10-9-13-5-4-6-14(13)11-15/h2-3,7-11H,4-6,12H2,1H3,(H,21,23). The average molecular weight is 343 g/mol. The number of aryl methyl sites for hydroxylation is 2. The van der Waals surface area contributed by atoms with Crippen molar-refractivity contribution in [3.63, 3.8) is 0 Å². The van der Waals surface area contributed by atoms with Crippen molar-refractivity contribution in [2.45, 2.75) is 19.3 Å². The summed E-state index contributed by atoms with van der Waals surface area (Å²) in [5.41, 5.74) is 3.74. The summed E-state index contributed by atoms with van der Waals surface area (Å²) in [6, 6.07) is 12.8. The zero-order chi connectivity index (χ0) is 17.1. The first-order valence-corrected chi connectivity index (χ1v) is 8.34. The van der Waals surface area contributed by atoms with Gasteiger partial charge in [0.1, 0.15) is 0 Å². The number of hydrogen-bond donors (Lipinski definition) is 1. The Morgan fingerprint density at radius 3 is 2.67 bits per heavy atom. The highest BCUT2D eigenvalue weighted by molar-refractivity contribution is 6.33. The van der Waals surface area contributed by atoms with Gasteiger partial charge in [-0.2, -0.15) is 0 Å². The molecule has 0 radical (unpaired) electrons. The molecular formula is C19H19ClN2O2. The summed E-state index contributed by atoms with van der Waals surface area (Å²) in [5.74, 6) is -0.431. The molecule has 0 fully saturated rings. The second-order valence-corrected chi connectivity index (χ2v) is 6.43. The van der Waals surface area contributed by atoms with E-state index in [-0.39, 0.29) is 18.4 Å². The van der Waals surface area contributed by atoms with Crippen LogP contribution in [0.15, 0.2) is 42.5 Å². The summed E-state index contributed by atoms with van der Waals surface area (Å²) in [5, 5.41) is 3.20. The summed E-state index contributed by atoms with van der Waals surface area (Å²) in [7, 11) is 1.63. The largest absolute Gasteiger partial charge is 0.332 e. The normalized spacial score (nSPS) is 12.6. The number of anilines is 1. The Bertz CT molecular complexity index is 789. The molecule has 1 aliphatic carbocycles. The van der Waals surface area contributed by atoms with Crippen LogP contribution >= 0.6 is 11.6 Å². The second kappa shape index (κ2) is 7.05. The lowest BCUT2D eigenvalue weighted by atomic mass is 10.1. The fraction of sp³-hybridized carbons (Fsp3) is 0.263. The Hall–Kier alpha value is -2.33. The van der Waals surface area contributed by atoms with Crippen LogP contribution in [0.2, 0.25) is 5.02 Å². The van der Waals surface area contributed by atoms with Crippen LogP contribution in [0.25, 0.3) is 0 Å². The van der Waals surface area contributed by atoms with E-state index in [9.17, 15) is 9.59 Å². The topological polar surface area (TPSA) is 49.4 Å². The van der Waals surface area contributed by atoms with Crippen molar-refractivity contribution in [2.75, 3.05) is 18.9 Å². The fourth-order valence-electron chi connectivity index (χ4n) is 2.96. The first-order chi connectivity index (χ1) is 11.5. The number of likely N-dealkylation sites (N-methyl/N-ethyl adjacent to an activating group) is 1. The third kappa shape index (κ3) is 3.60. The van der Waals surface area contributed by atoms with Gasteiger partial charge in [-0.05, 0) is 54.7 Å². The molecule has 3 rings (SSSR count). The van der Waals surface area contributed by atoms with Gasteiger partial charge < -0.3 is 10.2 Å². The number of rotatable bonds is 4. The minimum Gasteiger partial charge on any atom is -0.332 e. The van der Waals surface area contributed by atoms with Crippen molar-refractivity contribution in [1.82, 2.24) is 4.90 Å². The summed E-state index contributed by atoms with van der Waals surface area (Å²) >= 11 is 6.02. The van der Waals surface area contributed by atoms with Gasteiger partial charge >= 0.3 is 0 Å². The zero-order valence-electron chi connectivity index (χ0n) is 13.5. The predicted molar refractivity (Wildman–Crippen MR) is 95.5 cm³/mol. The molecule has 0 unspecified atom stereocenters. The molecule has 0 aliphatic heterocycles. The predicted octanol–water partition coefficient (Wildman–Crippen LogP) is 3.54. The van der Waals surface area contributed by atoms with Crippen LogP contribution in [0, 0.1) is 0 Å². The van der Waals surface area contributed by atoms with E-state index in [1.54, 1.807) is 31.3 Å². The van der Waals surface area contributed by atoms with Gasteiger partial charge in [-0.25, -0.2) is 0 Å². The van der Waals surface area contributed by atoms with Crippen molar-refractivity contribution < 1.29 is 9.59 Å². The molecule has 0 atom stereocenters. The van der Waals surface area contributed by atoms with E-state index in [0.29, 0.717) is 16.3 Å². The van der Waals surface area contributed by atoms with Gasteiger partial charge in [0.2, 0.25) is 5.91 Å².